The van der Waals surface area contributed by atoms with Crippen LogP contribution in [0, 0.1) is 0 Å². The maximum Gasteiger partial charge on any atom is 0.0928 e. The first-order chi connectivity index (χ1) is 5.86. The number of methoxy groups -OCH3 is 1. The lowest BCUT2D eigenvalue weighted by Gasteiger charge is -2.29. The molecule has 1 saturated heterocycles. The van der Waals surface area contributed by atoms with Gasteiger partial charge in [0.15, 0.2) is 0 Å². The number of ether oxygens (including phenoxy) is 1. The number of rotatable bonds is 4. The standard InChI is InChI=1S/C8H18N2O2/c1-12-8(7-11)6-10-4-2-9-3-5-10/h8-9,11H,2-7H2,1H3. The minimum atomic E-state index is -0.0249. The zero-order chi connectivity index (χ0) is 8.81. The van der Waals surface area contributed by atoms with Crippen molar-refractivity contribution in [3.63, 3.8) is 0 Å². The minimum absolute atomic E-state index is 0.0249. The number of hydrogen-bond acceptors (Lipinski definition) is 4. The molecule has 0 saturated carbocycles. The first-order valence-corrected chi connectivity index (χ1v) is 4.43. The zero-order valence-electron chi connectivity index (χ0n) is 7.62. The summed E-state index contributed by atoms with van der Waals surface area (Å²) >= 11 is 0. The van der Waals surface area contributed by atoms with E-state index in [0.717, 1.165) is 32.7 Å². The Balaban J connectivity index is 2.18. The summed E-state index contributed by atoms with van der Waals surface area (Å²) < 4.78 is 5.09. The molecule has 1 unspecified atom stereocenters. The van der Waals surface area contributed by atoms with Gasteiger partial charge in [-0.25, -0.2) is 0 Å². The summed E-state index contributed by atoms with van der Waals surface area (Å²) in [6.45, 7) is 5.15. The van der Waals surface area contributed by atoms with Crippen molar-refractivity contribution < 1.29 is 9.84 Å². The number of nitrogens with one attached hydrogen (secondary N) is 1. The van der Waals surface area contributed by atoms with Crippen molar-refractivity contribution in [2.24, 2.45) is 0 Å². The van der Waals surface area contributed by atoms with Gasteiger partial charge in [-0.2, -0.15) is 0 Å². The number of nitrogens with zero attached hydrogens (tertiary/aromatic N) is 1. The molecule has 0 radical (unpaired) electrons. The molecule has 1 aliphatic heterocycles. The summed E-state index contributed by atoms with van der Waals surface area (Å²) in [5.41, 5.74) is 0. The molecule has 1 heterocycles. The Labute approximate surface area is 73.5 Å². The van der Waals surface area contributed by atoms with Gasteiger partial charge in [0.25, 0.3) is 0 Å². The molecule has 0 aromatic heterocycles. The average Bonchev–Trinajstić information content (AvgIpc) is 2.16. The van der Waals surface area contributed by atoms with Gasteiger partial charge in [0.05, 0.1) is 12.7 Å². The molecular formula is C8H18N2O2. The molecule has 0 spiro atoms. The fourth-order valence-electron chi connectivity index (χ4n) is 1.39. The molecule has 1 fully saturated rings. The lowest BCUT2D eigenvalue weighted by molar-refractivity contribution is 0.0195. The molecule has 0 aliphatic carbocycles. The third-order valence-electron chi connectivity index (χ3n) is 2.21. The Hall–Kier alpha value is -0.160. The van der Waals surface area contributed by atoms with Crippen molar-refractivity contribution in [1.29, 1.82) is 0 Å². The van der Waals surface area contributed by atoms with Gasteiger partial charge < -0.3 is 15.2 Å². The largest absolute Gasteiger partial charge is 0.394 e. The number of hydrogen-bond donors (Lipinski definition) is 2. The fraction of sp³-hybridized carbons (Fsp3) is 1.00. The van der Waals surface area contributed by atoms with Crippen molar-refractivity contribution >= 4 is 0 Å². The monoisotopic (exact) mass is 174 g/mol. The molecular weight excluding hydrogens is 156 g/mol. The summed E-state index contributed by atoms with van der Waals surface area (Å²) in [5.74, 6) is 0. The van der Waals surface area contributed by atoms with Crippen molar-refractivity contribution in [2.75, 3.05) is 46.4 Å². The van der Waals surface area contributed by atoms with E-state index < -0.39 is 0 Å². The van der Waals surface area contributed by atoms with E-state index in [0.29, 0.717) is 0 Å². The smallest absolute Gasteiger partial charge is 0.0928 e. The SMILES string of the molecule is COC(CO)CN1CCNCC1. The molecule has 0 aromatic carbocycles. The minimum Gasteiger partial charge on any atom is -0.394 e. The van der Waals surface area contributed by atoms with E-state index in [9.17, 15) is 0 Å². The van der Waals surface area contributed by atoms with Crippen LogP contribution in [-0.4, -0.2) is 62.6 Å². The van der Waals surface area contributed by atoms with Gasteiger partial charge in [0.1, 0.15) is 0 Å². The van der Waals surface area contributed by atoms with Gasteiger partial charge >= 0.3 is 0 Å². The van der Waals surface area contributed by atoms with Gasteiger partial charge in [-0.05, 0) is 0 Å². The molecule has 1 atom stereocenters. The molecule has 0 bridgehead atoms. The zero-order valence-corrected chi connectivity index (χ0v) is 7.62. The molecule has 12 heavy (non-hydrogen) atoms. The van der Waals surface area contributed by atoms with Gasteiger partial charge in [0, 0.05) is 39.8 Å². The Morgan fingerprint density at radius 1 is 1.50 bits per heavy atom. The maximum atomic E-state index is 8.89. The molecule has 0 aromatic rings. The van der Waals surface area contributed by atoms with Crippen LogP contribution in [0.2, 0.25) is 0 Å². The van der Waals surface area contributed by atoms with Gasteiger partial charge in [-0.3, -0.25) is 4.90 Å². The summed E-state index contributed by atoms with van der Waals surface area (Å²) in [6, 6.07) is 0. The fourth-order valence-corrected chi connectivity index (χ4v) is 1.39. The highest BCUT2D eigenvalue weighted by atomic mass is 16.5. The predicted octanol–water partition coefficient (Wildman–Crippen LogP) is -1.10. The van der Waals surface area contributed by atoms with Gasteiger partial charge in [-0.1, -0.05) is 0 Å². The maximum absolute atomic E-state index is 8.89. The van der Waals surface area contributed by atoms with E-state index in [2.05, 4.69) is 10.2 Å². The highest BCUT2D eigenvalue weighted by Gasteiger charge is 2.14. The van der Waals surface area contributed by atoms with E-state index in [1.807, 2.05) is 0 Å². The lowest BCUT2D eigenvalue weighted by Crippen LogP contribution is -2.47. The van der Waals surface area contributed by atoms with Crippen LogP contribution in [0.15, 0.2) is 0 Å². The molecule has 4 nitrogen and oxygen atoms in total. The first-order valence-electron chi connectivity index (χ1n) is 4.43. The molecule has 0 amide bonds. The number of aliphatic hydroxyl groups excluding tert-OH is 1. The van der Waals surface area contributed by atoms with Crippen LogP contribution < -0.4 is 5.32 Å². The van der Waals surface area contributed by atoms with E-state index in [-0.39, 0.29) is 12.7 Å². The topological polar surface area (TPSA) is 44.7 Å². The molecule has 1 rings (SSSR count). The van der Waals surface area contributed by atoms with Crippen LogP contribution >= 0.6 is 0 Å². The van der Waals surface area contributed by atoms with Crippen LogP contribution in [0.3, 0.4) is 0 Å². The third-order valence-corrected chi connectivity index (χ3v) is 2.21. The van der Waals surface area contributed by atoms with Crippen molar-refractivity contribution in [1.82, 2.24) is 10.2 Å². The second-order valence-corrected chi connectivity index (χ2v) is 3.09. The van der Waals surface area contributed by atoms with E-state index in [1.165, 1.54) is 0 Å². The molecule has 72 valence electrons. The molecule has 2 N–H and O–H groups in total. The van der Waals surface area contributed by atoms with Crippen LogP contribution in [0.25, 0.3) is 0 Å². The highest BCUT2D eigenvalue weighted by molar-refractivity contribution is 4.71. The molecule has 4 heteroatoms. The quantitative estimate of drug-likeness (QED) is 0.568. The third kappa shape index (κ3) is 3.06. The van der Waals surface area contributed by atoms with Crippen LogP contribution in [0.5, 0.6) is 0 Å². The summed E-state index contributed by atoms with van der Waals surface area (Å²) in [7, 11) is 1.64. The van der Waals surface area contributed by atoms with Crippen molar-refractivity contribution in [3.05, 3.63) is 0 Å². The number of piperazine rings is 1. The molecule has 1 aliphatic rings. The van der Waals surface area contributed by atoms with Crippen LogP contribution in [0.1, 0.15) is 0 Å². The van der Waals surface area contributed by atoms with E-state index >= 15 is 0 Å². The lowest BCUT2D eigenvalue weighted by atomic mass is 10.3. The Morgan fingerprint density at radius 2 is 2.17 bits per heavy atom. The summed E-state index contributed by atoms with van der Waals surface area (Å²) in [5, 5.41) is 12.2. The van der Waals surface area contributed by atoms with E-state index in [1.54, 1.807) is 7.11 Å². The van der Waals surface area contributed by atoms with Gasteiger partial charge in [-0.15, -0.1) is 0 Å². The predicted molar refractivity (Wildman–Crippen MR) is 47.2 cm³/mol. The van der Waals surface area contributed by atoms with Gasteiger partial charge in [0.2, 0.25) is 0 Å². The highest BCUT2D eigenvalue weighted by Crippen LogP contribution is 1.97. The average molecular weight is 174 g/mol. The second-order valence-electron chi connectivity index (χ2n) is 3.09. The number of aliphatic hydroxyl groups is 1. The normalized spacial score (nSPS) is 22.5. The Kier molecular flexibility index (Phi) is 4.53. The van der Waals surface area contributed by atoms with Crippen LogP contribution in [-0.2, 0) is 4.74 Å². The summed E-state index contributed by atoms with van der Waals surface area (Å²) in [4.78, 5) is 2.31. The summed E-state index contributed by atoms with van der Waals surface area (Å²) in [6.07, 6.45) is -0.0249. The van der Waals surface area contributed by atoms with Crippen molar-refractivity contribution in [2.45, 2.75) is 6.10 Å². The Bertz CT molecular complexity index is 112. The second kappa shape index (κ2) is 5.48. The van der Waals surface area contributed by atoms with E-state index in [4.69, 9.17) is 9.84 Å². The van der Waals surface area contributed by atoms with Crippen LogP contribution in [0.4, 0.5) is 0 Å². The Morgan fingerprint density at radius 3 is 2.67 bits per heavy atom. The van der Waals surface area contributed by atoms with Crippen molar-refractivity contribution in [3.8, 4) is 0 Å². The first kappa shape index (κ1) is 9.92.